The lowest BCUT2D eigenvalue weighted by atomic mass is 10.1. The summed E-state index contributed by atoms with van der Waals surface area (Å²) in [6.07, 6.45) is 0. The lowest BCUT2D eigenvalue weighted by Crippen LogP contribution is -2.46. The average molecular weight is 280 g/mol. The number of carbonyl (C=O) groups is 1. The van der Waals surface area contributed by atoms with E-state index in [4.69, 9.17) is 14.0 Å². The Labute approximate surface area is 113 Å². The first-order valence-electron chi connectivity index (χ1n) is 5.82. The Balaban J connectivity index is 2.08. The van der Waals surface area contributed by atoms with Crippen LogP contribution in [0.2, 0.25) is 0 Å². The van der Waals surface area contributed by atoms with Crippen molar-refractivity contribution in [1.29, 1.82) is 0 Å². The fraction of sp³-hybridized carbons (Fsp3) is 0.250. The van der Waals surface area contributed by atoms with Gasteiger partial charge in [-0.15, -0.1) is 0 Å². The van der Waals surface area contributed by atoms with Crippen molar-refractivity contribution in [2.45, 2.75) is 12.6 Å². The molecule has 7 nitrogen and oxygen atoms in total. The van der Waals surface area contributed by atoms with Crippen LogP contribution in [-0.2, 0) is 20.0 Å². The lowest BCUT2D eigenvalue weighted by molar-refractivity contribution is -0.151. The first-order valence-corrected chi connectivity index (χ1v) is 5.82. The number of nitrogens with zero attached hydrogens (tertiary/aromatic N) is 1. The highest BCUT2D eigenvalue weighted by atomic mass is 19.1. The quantitative estimate of drug-likeness (QED) is 0.809. The van der Waals surface area contributed by atoms with Crippen LogP contribution in [0.25, 0.3) is 11.0 Å². The second kappa shape index (κ2) is 4.82. The predicted molar refractivity (Wildman–Crippen MR) is 63.9 cm³/mol. The molecular formula is C12H11FN3O4. The molecule has 0 aliphatic carbocycles. The maximum atomic E-state index is 14.0. The van der Waals surface area contributed by atoms with Gasteiger partial charge in [-0.3, -0.25) is 4.79 Å². The largest absolute Gasteiger partial charge is 0.461 e. The summed E-state index contributed by atoms with van der Waals surface area (Å²) < 4.78 is 29.4. The Morgan fingerprint density at radius 1 is 1.55 bits per heavy atom. The van der Waals surface area contributed by atoms with Crippen LogP contribution in [0.5, 0.6) is 0 Å². The summed E-state index contributed by atoms with van der Waals surface area (Å²) in [5, 5.41) is 4.01. The monoisotopic (exact) mass is 280 g/mol. The van der Waals surface area contributed by atoms with Gasteiger partial charge in [0.15, 0.2) is 12.3 Å². The number of nitrogens with one attached hydrogen (secondary N) is 2. The minimum atomic E-state index is -1.33. The van der Waals surface area contributed by atoms with Crippen LogP contribution in [0.4, 0.5) is 4.39 Å². The summed E-state index contributed by atoms with van der Waals surface area (Å²) in [4.78, 5) is 11.0. The number of ether oxygens (including phenoxy) is 2. The van der Waals surface area contributed by atoms with Gasteiger partial charge in [-0.25, -0.2) is 15.2 Å². The first-order chi connectivity index (χ1) is 9.62. The van der Waals surface area contributed by atoms with E-state index in [0.717, 1.165) is 0 Å². The lowest BCUT2D eigenvalue weighted by Gasteiger charge is -2.24. The fourth-order valence-electron chi connectivity index (χ4n) is 1.99. The van der Waals surface area contributed by atoms with Crippen molar-refractivity contribution in [2.24, 2.45) is 0 Å². The highest BCUT2D eigenvalue weighted by Crippen LogP contribution is 2.33. The molecule has 1 atom stereocenters. The van der Waals surface area contributed by atoms with Crippen molar-refractivity contribution >= 4 is 16.9 Å². The molecule has 105 valence electrons. The normalized spacial score (nSPS) is 22.3. The molecule has 0 spiro atoms. The number of aromatic nitrogens is 1. The van der Waals surface area contributed by atoms with Crippen LogP contribution in [0.3, 0.4) is 0 Å². The Kier molecular flexibility index (Phi) is 3.13. The van der Waals surface area contributed by atoms with E-state index in [1.807, 2.05) is 0 Å². The van der Waals surface area contributed by atoms with Crippen molar-refractivity contribution in [3.63, 3.8) is 0 Å². The maximum absolute atomic E-state index is 14.0. The molecule has 1 saturated heterocycles. The second-order valence-electron chi connectivity index (χ2n) is 4.26. The molecule has 1 fully saturated rings. The van der Waals surface area contributed by atoms with Crippen LogP contribution in [0.15, 0.2) is 22.7 Å². The third kappa shape index (κ3) is 2.03. The Morgan fingerprint density at radius 2 is 2.40 bits per heavy atom. The molecule has 2 N–H and O–H groups in total. The molecule has 8 heteroatoms. The van der Waals surface area contributed by atoms with E-state index in [1.54, 1.807) is 6.07 Å². The third-order valence-corrected chi connectivity index (χ3v) is 2.90. The summed E-state index contributed by atoms with van der Waals surface area (Å²) in [6, 6.07) is 4.38. The zero-order valence-corrected chi connectivity index (χ0v) is 10.5. The molecule has 1 aromatic carbocycles. The van der Waals surface area contributed by atoms with E-state index < -0.39 is 17.5 Å². The van der Waals surface area contributed by atoms with E-state index in [2.05, 4.69) is 16.0 Å². The number of hydrogen-bond donors (Lipinski definition) is 2. The van der Waals surface area contributed by atoms with Gasteiger partial charge in [0.1, 0.15) is 18.1 Å². The van der Waals surface area contributed by atoms with Gasteiger partial charge in [-0.05, 0) is 12.1 Å². The number of rotatable bonds is 3. The van der Waals surface area contributed by atoms with Crippen LogP contribution in [0, 0.1) is 12.5 Å². The number of hydrazine groups is 1. The molecular weight excluding hydrogens is 269 g/mol. The minimum absolute atomic E-state index is 0.160. The zero-order chi connectivity index (χ0) is 14.2. The van der Waals surface area contributed by atoms with Crippen molar-refractivity contribution < 1.29 is 23.2 Å². The maximum Gasteiger partial charge on any atom is 0.302 e. The van der Waals surface area contributed by atoms with E-state index in [0.29, 0.717) is 0 Å². The number of halogens is 1. The second-order valence-corrected chi connectivity index (χ2v) is 4.26. The molecule has 0 bridgehead atoms. The molecule has 20 heavy (non-hydrogen) atoms. The Morgan fingerprint density at radius 3 is 3.10 bits per heavy atom. The molecule has 1 radical (unpaired) electrons. The Bertz CT molecular complexity index is 651. The molecule has 3 rings (SSSR count). The van der Waals surface area contributed by atoms with E-state index in [1.165, 1.54) is 25.8 Å². The molecule has 1 aliphatic heterocycles. The molecule has 0 saturated carbocycles. The van der Waals surface area contributed by atoms with Gasteiger partial charge in [0.2, 0.25) is 5.72 Å². The van der Waals surface area contributed by atoms with Crippen LogP contribution in [-0.4, -0.2) is 17.7 Å². The molecule has 1 aromatic heterocycles. The van der Waals surface area contributed by atoms with Gasteiger partial charge in [0.05, 0.1) is 5.39 Å². The third-order valence-electron chi connectivity index (χ3n) is 2.90. The van der Waals surface area contributed by atoms with Gasteiger partial charge in [0, 0.05) is 6.92 Å². The molecule has 1 aliphatic rings. The number of fused-ring (bicyclic) bond motifs is 1. The number of benzene rings is 1. The summed E-state index contributed by atoms with van der Waals surface area (Å²) >= 11 is 0. The zero-order valence-electron chi connectivity index (χ0n) is 10.5. The molecule has 2 heterocycles. The summed E-state index contributed by atoms with van der Waals surface area (Å²) in [6.45, 7) is 2.33. The highest BCUT2D eigenvalue weighted by Gasteiger charge is 2.44. The van der Waals surface area contributed by atoms with Gasteiger partial charge in [-0.2, -0.15) is 0 Å². The smallest absolute Gasteiger partial charge is 0.302 e. The number of esters is 1. The van der Waals surface area contributed by atoms with Crippen molar-refractivity contribution in [1.82, 2.24) is 16.0 Å². The van der Waals surface area contributed by atoms with Crippen LogP contribution >= 0.6 is 0 Å². The van der Waals surface area contributed by atoms with Crippen molar-refractivity contribution in [2.75, 3.05) is 6.61 Å². The topological polar surface area (TPSA) is 85.6 Å². The van der Waals surface area contributed by atoms with Gasteiger partial charge >= 0.3 is 5.97 Å². The standard InChI is InChI=1S/C12H11FN3O4/c1-7(17)18-5-12(16-14-6-19-12)11-10-8(13)3-2-4-9(10)20-15-11/h2-4,6,14,16H,5H2,1H3. The van der Waals surface area contributed by atoms with E-state index in [9.17, 15) is 9.18 Å². The van der Waals surface area contributed by atoms with Crippen molar-refractivity contribution in [3.05, 3.63) is 36.4 Å². The van der Waals surface area contributed by atoms with E-state index >= 15 is 0 Å². The van der Waals surface area contributed by atoms with Crippen LogP contribution < -0.4 is 10.9 Å². The van der Waals surface area contributed by atoms with Crippen LogP contribution in [0.1, 0.15) is 12.6 Å². The van der Waals surface area contributed by atoms with Gasteiger partial charge in [0.25, 0.3) is 0 Å². The molecule has 2 aromatic rings. The average Bonchev–Trinajstić information content (AvgIpc) is 3.04. The summed E-state index contributed by atoms with van der Waals surface area (Å²) in [5.74, 6) is -0.992. The predicted octanol–water partition coefficient (Wildman–Crippen LogP) is 0.926. The molecule has 1 unspecified atom stereocenters. The summed E-state index contributed by atoms with van der Waals surface area (Å²) in [7, 11) is 0. The fourth-order valence-corrected chi connectivity index (χ4v) is 1.99. The van der Waals surface area contributed by atoms with E-state index in [-0.39, 0.29) is 23.3 Å². The SMILES string of the molecule is CC(=O)OCC1(c2noc3cccc(F)c23)NN[CH]O1. The summed E-state index contributed by atoms with van der Waals surface area (Å²) in [5.41, 5.74) is 4.47. The van der Waals surface area contributed by atoms with Crippen molar-refractivity contribution in [3.8, 4) is 0 Å². The molecule has 0 amide bonds. The number of carbonyl (C=O) groups excluding carboxylic acids is 1. The highest BCUT2D eigenvalue weighted by molar-refractivity contribution is 5.81. The Hall–Kier alpha value is -2.03. The van der Waals surface area contributed by atoms with Gasteiger partial charge < -0.3 is 14.0 Å². The first kappa shape index (κ1) is 13.0. The minimum Gasteiger partial charge on any atom is -0.461 e. The number of hydrogen-bond acceptors (Lipinski definition) is 7. The van der Waals surface area contributed by atoms with Gasteiger partial charge in [-0.1, -0.05) is 11.2 Å².